The molecule has 7 nitrogen and oxygen atoms in total. The van der Waals surface area contributed by atoms with Crippen molar-refractivity contribution in [2.75, 3.05) is 5.73 Å². The number of aromatic nitrogens is 1. The molecule has 5 N–H and O–H groups in total. The summed E-state index contributed by atoms with van der Waals surface area (Å²) >= 11 is 0. The average molecular weight is 258 g/mol. The van der Waals surface area contributed by atoms with Gasteiger partial charge in [-0.1, -0.05) is 0 Å². The van der Waals surface area contributed by atoms with Crippen molar-refractivity contribution in [3.05, 3.63) is 18.3 Å². The quantitative estimate of drug-likeness (QED) is 0.637. The largest absolute Gasteiger partial charge is 0.383 e. The fourth-order valence-corrected chi connectivity index (χ4v) is 2.63. The topological polar surface area (TPSA) is 128 Å². The number of nitrogens with one attached hydrogen (secondary N) is 1. The van der Waals surface area contributed by atoms with E-state index in [1.54, 1.807) is 0 Å². The molecule has 0 aliphatic rings. The first kappa shape index (κ1) is 13.4. The Balaban J connectivity index is 2.90. The van der Waals surface area contributed by atoms with Gasteiger partial charge in [-0.25, -0.2) is 18.1 Å². The summed E-state index contributed by atoms with van der Waals surface area (Å²) in [4.78, 5) is 14.2. The van der Waals surface area contributed by atoms with Crippen LogP contribution in [0.1, 0.15) is 13.3 Å². The van der Waals surface area contributed by atoms with Crippen LogP contribution in [0.3, 0.4) is 0 Å². The highest BCUT2D eigenvalue weighted by Crippen LogP contribution is 2.14. The van der Waals surface area contributed by atoms with Crippen LogP contribution in [0.2, 0.25) is 0 Å². The number of primary amides is 1. The second-order valence-corrected chi connectivity index (χ2v) is 5.26. The second-order valence-electron chi connectivity index (χ2n) is 3.58. The van der Waals surface area contributed by atoms with Gasteiger partial charge in [-0.05, 0) is 19.1 Å². The van der Waals surface area contributed by atoms with Crippen LogP contribution in [0, 0.1) is 0 Å². The summed E-state index contributed by atoms with van der Waals surface area (Å²) in [6.07, 6.45) is 1.31. The molecule has 1 heterocycles. The number of nitrogen functional groups attached to an aromatic ring is 1. The van der Waals surface area contributed by atoms with Gasteiger partial charge in [-0.3, -0.25) is 4.79 Å². The number of hydrogen-bond acceptors (Lipinski definition) is 5. The lowest BCUT2D eigenvalue weighted by molar-refractivity contribution is -0.118. The molecule has 1 atom stereocenters. The van der Waals surface area contributed by atoms with Crippen LogP contribution in [-0.4, -0.2) is 25.4 Å². The van der Waals surface area contributed by atoms with Crippen molar-refractivity contribution >= 4 is 21.7 Å². The van der Waals surface area contributed by atoms with Gasteiger partial charge in [-0.2, -0.15) is 0 Å². The highest BCUT2D eigenvalue weighted by Gasteiger charge is 2.21. The van der Waals surface area contributed by atoms with E-state index in [0.29, 0.717) is 0 Å². The zero-order chi connectivity index (χ0) is 13.1. The van der Waals surface area contributed by atoms with E-state index in [-0.39, 0.29) is 17.1 Å². The predicted octanol–water partition coefficient (Wildman–Crippen LogP) is -0.794. The van der Waals surface area contributed by atoms with E-state index in [9.17, 15) is 13.2 Å². The number of carbonyl (C=O) groups excluding carboxylic acids is 1. The molecule has 0 aliphatic carbocycles. The summed E-state index contributed by atoms with van der Waals surface area (Å²) in [5.41, 5.74) is 10.4. The van der Waals surface area contributed by atoms with E-state index >= 15 is 0 Å². The maximum atomic E-state index is 11.9. The van der Waals surface area contributed by atoms with Gasteiger partial charge in [0.15, 0.2) is 0 Å². The van der Waals surface area contributed by atoms with E-state index < -0.39 is 22.0 Å². The van der Waals surface area contributed by atoms with Gasteiger partial charge in [0, 0.05) is 18.7 Å². The van der Waals surface area contributed by atoms with E-state index in [4.69, 9.17) is 11.5 Å². The Morgan fingerprint density at radius 2 is 2.24 bits per heavy atom. The summed E-state index contributed by atoms with van der Waals surface area (Å²) in [6, 6.07) is 2.20. The molecular weight excluding hydrogens is 244 g/mol. The lowest BCUT2D eigenvalue weighted by atomic mass is 10.2. The first-order valence-electron chi connectivity index (χ1n) is 4.84. The number of hydrogen-bond donors (Lipinski definition) is 3. The number of pyridine rings is 1. The van der Waals surface area contributed by atoms with Crippen LogP contribution in [0.5, 0.6) is 0 Å². The summed E-state index contributed by atoms with van der Waals surface area (Å²) in [7, 11) is -3.78. The molecule has 1 amide bonds. The molecule has 1 aromatic rings. The van der Waals surface area contributed by atoms with Crippen LogP contribution in [0.4, 0.5) is 5.82 Å². The van der Waals surface area contributed by atoms with Crippen molar-refractivity contribution in [1.29, 1.82) is 0 Å². The molecule has 0 spiro atoms. The monoisotopic (exact) mass is 258 g/mol. The smallest absolute Gasteiger partial charge is 0.244 e. The molecule has 0 bridgehead atoms. The van der Waals surface area contributed by atoms with Crippen molar-refractivity contribution in [1.82, 2.24) is 9.71 Å². The minimum absolute atomic E-state index is 0.0839. The minimum Gasteiger partial charge on any atom is -0.383 e. The van der Waals surface area contributed by atoms with E-state index in [1.807, 2.05) is 0 Å². The number of nitrogens with two attached hydrogens (primary N) is 2. The Morgan fingerprint density at radius 3 is 2.76 bits per heavy atom. The summed E-state index contributed by atoms with van der Waals surface area (Å²) in [5.74, 6) is -0.675. The van der Waals surface area contributed by atoms with Crippen molar-refractivity contribution in [2.45, 2.75) is 24.3 Å². The Kier molecular flexibility index (Phi) is 4.02. The maximum absolute atomic E-state index is 11.9. The average Bonchev–Trinajstić information content (AvgIpc) is 2.15. The fourth-order valence-electron chi connectivity index (χ4n) is 1.30. The van der Waals surface area contributed by atoms with Crippen molar-refractivity contribution in [3.8, 4) is 0 Å². The van der Waals surface area contributed by atoms with Gasteiger partial charge >= 0.3 is 0 Å². The molecule has 0 saturated heterocycles. The van der Waals surface area contributed by atoms with Crippen LogP contribution >= 0.6 is 0 Å². The zero-order valence-electron chi connectivity index (χ0n) is 9.25. The number of nitrogens with zero attached hydrogens (tertiary/aromatic N) is 1. The first-order valence-corrected chi connectivity index (χ1v) is 6.32. The molecule has 0 saturated carbocycles. The molecule has 0 aromatic carbocycles. The van der Waals surface area contributed by atoms with Gasteiger partial charge in [-0.15, -0.1) is 0 Å². The third-order valence-corrected chi connectivity index (χ3v) is 3.59. The predicted molar refractivity (Wildman–Crippen MR) is 62.2 cm³/mol. The lowest BCUT2D eigenvalue weighted by Gasteiger charge is -2.13. The van der Waals surface area contributed by atoms with Crippen molar-refractivity contribution in [3.63, 3.8) is 0 Å². The molecule has 1 rings (SSSR count). The Hall–Kier alpha value is -1.67. The lowest BCUT2D eigenvalue weighted by Crippen LogP contribution is -2.36. The van der Waals surface area contributed by atoms with E-state index in [2.05, 4.69) is 9.71 Å². The molecule has 0 radical (unpaired) electrons. The highest BCUT2D eigenvalue weighted by molar-refractivity contribution is 7.89. The minimum atomic E-state index is -3.78. The molecule has 0 fully saturated rings. The zero-order valence-corrected chi connectivity index (χ0v) is 10.1. The second kappa shape index (κ2) is 5.11. The number of carbonyl (C=O) groups is 1. The fraction of sp³-hybridized carbons (Fsp3) is 0.333. The maximum Gasteiger partial charge on any atom is 0.244 e. The standard InChI is InChI=1S/C9H14N4O3S/c1-6(5-8(10)14)13-17(15,16)7-3-2-4-12-9(7)11/h2-4,6,13H,5H2,1H3,(H2,10,14)(H2,11,12). The first-order chi connectivity index (χ1) is 7.83. The molecular formula is C9H14N4O3S. The van der Waals surface area contributed by atoms with E-state index in [1.165, 1.54) is 25.3 Å². The SMILES string of the molecule is CC(CC(N)=O)NS(=O)(=O)c1cccnc1N. The van der Waals surface area contributed by atoms with Gasteiger partial charge in [0.05, 0.1) is 0 Å². The van der Waals surface area contributed by atoms with Gasteiger partial charge in [0.1, 0.15) is 10.7 Å². The van der Waals surface area contributed by atoms with Gasteiger partial charge in [0.25, 0.3) is 0 Å². The van der Waals surface area contributed by atoms with E-state index in [0.717, 1.165) is 0 Å². The molecule has 1 unspecified atom stereocenters. The Bertz CT molecular complexity index is 515. The number of anilines is 1. The van der Waals surface area contributed by atoms with Crippen LogP contribution in [0.15, 0.2) is 23.2 Å². The molecule has 8 heteroatoms. The van der Waals surface area contributed by atoms with Crippen LogP contribution in [-0.2, 0) is 14.8 Å². The molecule has 0 aliphatic heterocycles. The highest BCUT2D eigenvalue weighted by atomic mass is 32.2. The number of sulfonamides is 1. The third kappa shape index (κ3) is 3.68. The number of rotatable bonds is 5. The molecule has 1 aromatic heterocycles. The summed E-state index contributed by atoms with van der Waals surface area (Å²) in [6.45, 7) is 1.54. The van der Waals surface area contributed by atoms with Crippen molar-refractivity contribution < 1.29 is 13.2 Å². The third-order valence-electron chi connectivity index (χ3n) is 1.95. The van der Waals surface area contributed by atoms with Crippen LogP contribution in [0.25, 0.3) is 0 Å². The number of amides is 1. The Labute approximate surface area is 99.3 Å². The summed E-state index contributed by atoms with van der Waals surface area (Å²) < 4.78 is 26.0. The normalized spacial score (nSPS) is 13.2. The molecule has 17 heavy (non-hydrogen) atoms. The van der Waals surface area contributed by atoms with Crippen molar-refractivity contribution in [2.24, 2.45) is 5.73 Å². The molecule has 94 valence electrons. The van der Waals surface area contributed by atoms with Crippen LogP contribution < -0.4 is 16.2 Å². The summed E-state index contributed by atoms with van der Waals surface area (Å²) in [5, 5.41) is 0. The van der Waals surface area contributed by atoms with Gasteiger partial charge in [0.2, 0.25) is 15.9 Å². The Morgan fingerprint density at radius 1 is 1.59 bits per heavy atom. The van der Waals surface area contributed by atoms with Gasteiger partial charge < -0.3 is 11.5 Å².